The van der Waals surface area contributed by atoms with E-state index in [4.69, 9.17) is 9.47 Å². The van der Waals surface area contributed by atoms with Crippen LogP contribution >= 0.6 is 0 Å². The molecule has 0 unspecified atom stereocenters. The van der Waals surface area contributed by atoms with Crippen LogP contribution in [0.1, 0.15) is 32.6 Å². The lowest BCUT2D eigenvalue weighted by Gasteiger charge is -2.26. The van der Waals surface area contributed by atoms with Crippen LogP contribution in [-0.4, -0.2) is 25.8 Å². The summed E-state index contributed by atoms with van der Waals surface area (Å²) >= 11 is 0. The van der Waals surface area contributed by atoms with Crippen molar-refractivity contribution in [3.8, 4) is 0 Å². The van der Waals surface area contributed by atoms with E-state index in [9.17, 15) is 4.79 Å². The van der Waals surface area contributed by atoms with E-state index in [1.165, 1.54) is 7.11 Å². The Hall–Kier alpha value is -0.570. The molecule has 1 saturated carbocycles. The fourth-order valence-electron chi connectivity index (χ4n) is 1.87. The number of esters is 1. The van der Waals surface area contributed by atoms with Crippen LogP contribution in [0.25, 0.3) is 0 Å². The largest absolute Gasteiger partial charge is 0.469 e. The van der Waals surface area contributed by atoms with E-state index < -0.39 is 0 Å². The Morgan fingerprint density at radius 1 is 1.31 bits per heavy atom. The fraction of sp³-hybridized carbons (Fsp3) is 0.900. The molecule has 3 nitrogen and oxygen atoms in total. The monoisotopic (exact) mass is 186 g/mol. The van der Waals surface area contributed by atoms with Crippen LogP contribution < -0.4 is 0 Å². The molecule has 1 fully saturated rings. The Balaban J connectivity index is 2.26. The van der Waals surface area contributed by atoms with Crippen LogP contribution in [0.4, 0.5) is 0 Å². The van der Waals surface area contributed by atoms with Gasteiger partial charge in [-0.25, -0.2) is 0 Å². The SMILES string of the molecule is CCO[C@H]1CC[C@@H](C(=O)OC)CC1. The lowest BCUT2D eigenvalue weighted by Crippen LogP contribution is -2.26. The first-order chi connectivity index (χ1) is 6.27. The minimum absolute atomic E-state index is 0.0602. The molecule has 0 bridgehead atoms. The Morgan fingerprint density at radius 2 is 1.92 bits per heavy atom. The number of rotatable bonds is 3. The van der Waals surface area contributed by atoms with Crippen LogP contribution in [0.15, 0.2) is 0 Å². The zero-order chi connectivity index (χ0) is 9.68. The normalized spacial score (nSPS) is 28.5. The van der Waals surface area contributed by atoms with Gasteiger partial charge in [-0.15, -0.1) is 0 Å². The van der Waals surface area contributed by atoms with Crippen molar-refractivity contribution < 1.29 is 14.3 Å². The molecule has 0 heterocycles. The molecule has 0 N–H and O–H groups in total. The predicted octanol–water partition coefficient (Wildman–Crippen LogP) is 1.75. The maximum absolute atomic E-state index is 11.2. The maximum atomic E-state index is 11.2. The Labute approximate surface area is 79.4 Å². The first-order valence-corrected chi connectivity index (χ1v) is 4.97. The highest BCUT2D eigenvalue weighted by Crippen LogP contribution is 2.26. The third kappa shape index (κ3) is 2.99. The summed E-state index contributed by atoms with van der Waals surface area (Å²) < 4.78 is 10.2. The van der Waals surface area contributed by atoms with Gasteiger partial charge in [-0.2, -0.15) is 0 Å². The summed E-state index contributed by atoms with van der Waals surface area (Å²) in [4.78, 5) is 11.2. The zero-order valence-corrected chi connectivity index (χ0v) is 8.41. The highest BCUT2D eigenvalue weighted by atomic mass is 16.5. The van der Waals surface area contributed by atoms with Gasteiger partial charge in [0.2, 0.25) is 0 Å². The molecule has 76 valence electrons. The topological polar surface area (TPSA) is 35.5 Å². The second-order valence-corrected chi connectivity index (χ2v) is 3.45. The van der Waals surface area contributed by atoms with Crippen molar-refractivity contribution in [2.24, 2.45) is 5.92 Å². The van der Waals surface area contributed by atoms with Crippen molar-refractivity contribution in [3.05, 3.63) is 0 Å². The second-order valence-electron chi connectivity index (χ2n) is 3.45. The van der Waals surface area contributed by atoms with Gasteiger partial charge in [0.05, 0.1) is 19.1 Å². The van der Waals surface area contributed by atoms with Gasteiger partial charge in [-0.1, -0.05) is 0 Å². The number of hydrogen-bond acceptors (Lipinski definition) is 3. The van der Waals surface area contributed by atoms with E-state index in [1.807, 2.05) is 6.92 Å². The molecule has 1 aliphatic rings. The molecule has 0 aliphatic heterocycles. The van der Waals surface area contributed by atoms with E-state index in [2.05, 4.69) is 0 Å². The average Bonchev–Trinajstić information content (AvgIpc) is 2.18. The number of carbonyl (C=O) groups excluding carboxylic acids is 1. The van der Waals surface area contributed by atoms with E-state index in [0.717, 1.165) is 32.3 Å². The molecule has 0 atom stereocenters. The summed E-state index contributed by atoms with van der Waals surface area (Å²) in [6.45, 7) is 2.78. The third-order valence-electron chi connectivity index (χ3n) is 2.61. The Kier molecular flexibility index (Phi) is 4.22. The molecule has 0 aromatic heterocycles. The molecule has 1 rings (SSSR count). The van der Waals surface area contributed by atoms with Crippen LogP contribution in [0.5, 0.6) is 0 Å². The van der Waals surface area contributed by atoms with Crippen molar-refractivity contribution in [3.63, 3.8) is 0 Å². The predicted molar refractivity (Wildman–Crippen MR) is 49.4 cm³/mol. The van der Waals surface area contributed by atoms with Gasteiger partial charge < -0.3 is 9.47 Å². The first kappa shape index (κ1) is 10.5. The van der Waals surface area contributed by atoms with E-state index in [1.54, 1.807) is 0 Å². The summed E-state index contributed by atoms with van der Waals surface area (Å²) in [6.07, 6.45) is 4.18. The molecule has 1 aliphatic carbocycles. The summed E-state index contributed by atoms with van der Waals surface area (Å²) in [5.41, 5.74) is 0. The van der Waals surface area contributed by atoms with Crippen molar-refractivity contribution in [2.45, 2.75) is 38.7 Å². The summed E-state index contributed by atoms with van der Waals surface area (Å²) in [6, 6.07) is 0. The standard InChI is InChI=1S/C10H18O3/c1-3-13-9-6-4-8(5-7-9)10(11)12-2/h8-9H,3-7H2,1-2H3/t8-,9+. The van der Waals surface area contributed by atoms with Crippen LogP contribution in [0, 0.1) is 5.92 Å². The highest BCUT2D eigenvalue weighted by Gasteiger charge is 2.26. The third-order valence-corrected chi connectivity index (χ3v) is 2.61. The lowest BCUT2D eigenvalue weighted by atomic mass is 9.87. The van der Waals surface area contributed by atoms with Crippen molar-refractivity contribution in [1.82, 2.24) is 0 Å². The van der Waals surface area contributed by atoms with Gasteiger partial charge >= 0.3 is 5.97 Å². The minimum atomic E-state index is -0.0602. The van der Waals surface area contributed by atoms with E-state index in [-0.39, 0.29) is 11.9 Å². The molecular weight excluding hydrogens is 168 g/mol. The number of methoxy groups -OCH3 is 1. The molecule has 0 amide bonds. The van der Waals surface area contributed by atoms with Crippen LogP contribution in [-0.2, 0) is 14.3 Å². The van der Waals surface area contributed by atoms with Gasteiger partial charge in [0.15, 0.2) is 0 Å². The van der Waals surface area contributed by atoms with Gasteiger partial charge in [-0.3, -0.25) is 4.79 Å². The molecule has 0 saturated heterocycles. The number of carbonyl (C=O) groups is 1. The first-order valence-electron chi connectivity index (χ1n) is 4.97. The van der Waals surface area contributed by atoms with Crippen LogP contribution in [0.3, 0.4) is 0 Å². The van der Waals surface area contributed by atoms with E-state index >= 15 is 0 Å². The molecule has 0 radical (unpaired) electrons. The number of ether oxygens (including phenoxy) is 2. The Morgan fingerprint density at radius 3 is 2.38 bits per heavy atom. The lowest BCUT2D eigenvalue weighted by molar-refractivity contribution is -0.147. The zero-order valence-electron chi connectivity index (χ0n) is 8.41. The molecule has 13 heavy (non-hydrogen) atoms. The molecular formula is C10H18O3. The smallest absolute Gasteiger partial charge is 0.308 e. The van der Waals surface area contributed by atoms with Gasteiger partial charge in [0.1, 0.15) is 0 Å². The van der Waals surface area contributed by atoms with Gasteiger partial charge in [-0.05, 0) is 32.6 Å². The van der Waals surface area contributed by atoms with Gasteiger partial charge in [0, 0.05) is 6.61 Å². The summed E-state index contributed by atoms with van der Waals surface area (Å²) in [5.74, 6) is 0.0525. The average molecular weight is 186 g/mol. The van der Waals surface area contributed by atoms with Crippen molar-refractivity contribution in [1.29, 1.82) is 0 Å². The number of hydrogen-bond donors (Lipinski definition) is 0. The minimum Gasteiger partial charge on any atom is -0.469 e. The maximum Gasteiger partial charge on any atom is 0.308 e. The molecule has 0 aromatic carbocycles. The van der Waals surface area contributed by atoms with Crippen LogP contribution in [0.2, 0.25) is 0 Å². The fourth-order valence-corrected chi connectivity index (χ4v) is 1.87. The highest BCUT2D eigenvalue weighted by molar-refractivity contribution is 5.72. The molecule has 0 aromatic rings. The van der Waals surface area contributed by atoms with Crippen molar-refractivity contribution >= 4 is 5.97 Å². The Bertz CT molecular complexity index is 160. The van der Waals surface area contributed by atoms with Crippen molar-refractivity contribution in [2.75, 3.05) is 13.7 Å². The molecule has 3 heteroatoms. The molecule has 0 spiro atoms. The second kappa shape index (κ2) is 5.22. The summed E-state index contributed by atoms with van der Waals surface area (Å²) in [7, 11) is 1.46. The van der Waals surface area contributed by atoms with E-state index in [0.29, 0.717) is 6.10 Å². The summed E-state index contributed by atoms with van der Waals surface area (Å²) in [5, 5.41) is 0. The quantitative estimate of drug-likeness (QED) is 0.630. The van der Waals surface area contributed by atoms with Gasteiger partial charge in [0.25, 0.3) is 0 Å².